The first-order valence-corrected chi connectivity index (χ1v) is 5.81. The molecule has 0 aromatic carbocycles. The van der Waals surface area contributed by atoms with Gasteiger partial charge in [-0.25, -0.2) is 0 Å². The van der Waals surface area contributed by atoms with Crippen molar-refractivity contribution in [2.45, 2.75) is 46.6 Å². The third kappa shape index (κ3) is 4.43. The van der Waals surface area contributed by atoms with Gasteiger partial charge in [-0.1, -0.05) is 27.7 Å². The number of nitrogens with one attached hydrogen (secondary N) is 1. The van der Waals surface area contributed by atoms with Crippen LogP contribution in [-0.2, 0) is 4.74 Å². The van der Waals surface area contributed by atoms with Crippen LogP contribution in [0.1, 0.15) is 40.5 Å². The summed E-state index contributed by atoms with van der Waals surface area (Å²) in [6.07, 6.45) is 2.81. The summed E-state index contributed by atoms with van der Waals surface area (Å²) in [5, 5.41) is 3.39. The highest BCUT2D eigenvalue weighted by Crippen LogP contribution is 2.20. The molecule has 1 aliphatic heterocycles. The molecule has 2 unspecified atom stereocenters. The van der Waals surface area contributed by atoms with E-state index < -0.39 is 0 Å². The van der Waals surface area contributed by atoms with Crippen molar-refractivity contribution in [2.75, 3.05) is 19.7 Å². The van der Waals surface area contributed by atoms with Crippen molar-refractivity contribution < 1.29 is 4.74 Å². The molecule has 1 rings (SSSR count). The van der Waals surface area contributed by atoms with E-state index in [2.05, 4.69) is 33.0 Å². The van der Waals surface area contributed by atoms with Crippen LogP contribution in [0.4, 0.5) is 0 Å². The summed E-state index contributed by atoms with van der Waals surface area (Å²) in [4.78, 5) is 0. The van der Waals surface area contributed by atoms with Gasteiger partial charge in [0.25, 0.3) is 0 Å². The Balaban J connectivity index is 2.17. The van der Waals surface area contributed by atoms with Crippen LogP contribution < -0.4 is 5.32 Å². The maximum atomic E-state index is 5.93. The van der Waals surface area contributed by atoms with Crippen LogP contribution in [0.3, 0.4) is 0 Å². The van der Waals surface area contributed by atoms with Gasteiger partial charge in [0.1, 0.15) is 0 Å². The van der Waals surface area contributed by atoms with Crippen molar-refractivity contribution in [3.8, 4) is 0 Å². The van der Waals surface area contributed by atoms with Crippen molar-refractivity contribution >= 4 is 0 Å². The number of piperidine rings is 1. The quantitative estimate of drug-likeness (QED) is 0.754. The third-order valence-electron chi connectivity index (χ3n) is 2.89. The highest BCUT2D eigenvalue weighted by molar-refractivity contribution is 4.75. The number of hydrogen-bond acceptors (Lipinski definition) is 2. The molecule has 0 aliphatic carbocycles. The van der Waals surface area contributed by atoms with E-state index in [-0.39, 0.29) is 0 Å². The van der Waals surface area contributed by atoms with Crippen LogP contribution in [0.5, 0.6) is 0 Å². The molecule has 2 nitrogen and oxygen atoms in total. The minimum Gasteiger partial charge on any atom is -0.378 e. The second kappa shape index (κ2) is 5.13. The molecule has 14 heavy (non-hydrogen) atoms. The minimum atomic E-state index is 0.399. The van der Waals surface area contributed by atoms with Gasteiger partial charge in [0.05, 0.1) is 6.10 Å². The fraction of sp³-hybridized carbons (Fsp3) is 1.00. The van der Waals surface area contributed by atoms with Crippen LogP contribution in [0.2, 0.25) is 0 Å². The van der Waals surface area contributed by atoms with Crippen LogP contribution in [0.15, 0.2) is 0 Å². The van der Waals surface area contributed by atoms with Crippen LogP contribution in [-0.4, -0.2) is 25.8 Å². The molecule has 0 spiro atoms. The molecule has 0 bridgehead atoms. The largest absolute Gasteiger partial charge is 0.378 e. The Bertz CT molecular complexity index is 162. The first-order valence-electron chi connectivity index (χ1n) is 5.81. The number of ether oxygens (including phenoxy) is 1. The molecule has 2 heteroatoms. The molecule has 1 heterocycles. The maximum absolute atomic E-state index is 5.93. The lowest BCUT2D eigenvalue weighted by molar-refractivity contribution is -0.00918. The fourth-order valence-corrected chi connectivity index (χ4v) is 1.75. The SMILES string of the molecule is CC1CNCCC1OCCC(C)(C)C. The zero-order valence-corrected chi connectivity index (χ0v) is 10.1. The van der Waals surface area contributed by atoms with Crippen molar-refractivity contribution in [1.82, 2.24) is 5.32 Å². The Kier molecular flexibility index (Phi) is 4.39. The Labute approximate surface area is 88.4 Å². The van der Waals surface area contributed by atoms with E-state index in [0.717, 1.165) is 26.1 Å². The van der Waals surface area contributed by atoms with E-state index in [4.69, 9.17) is 4.74 Å². The normalized spacial score (nSPS) is 29.1. The van der Waals surface area contributed by atoms with Crippen molar-refractivity contribution in [3.63, 3.8) is 0 Å². The second-order valence-corrected chi connectivity index (χ2v) is 5.69. The van der Waals surface area contributed by atoms with Gasteiger partial charge in [-0.3, -0.25) is 0 Å². The Morgan fingerprint density at radius 1 is 1.36 bits per heavy atom. The highest BCUT2D eigenvalue weighted by atomic mass is 16.5. The second-order valence-electron chi connectivity index (χ2n) is 5.69. The van der Waals surface area contributed by atoms with E-state index in [9.17, 15) is 0 Å². The molecule has 1 aliphatic rings. The molecule has 0 radical (unpaired) electrons. The zero-order valence-electron chi connectivity index (χ0n) is 10.1. The van der Waals surface area contributed by atoms with Gasteiger partial charge in [-0.15, -0.1) is 0 Å². The van der Waals surface area contributed by atoms with E-state index in [1.807, 2.05) is 0 Å². The minimum absolute atomic E-state index is 0.399. The molecule has 1 fully saturated rings. The lowest BCUT2D eigenvalue weighted by Crippen LogP contribution is -2.40. The monoisotopic (exact) mass is 199 g/mol. The average Bonchev–Trinajstić information content (AvgIpc) is 2.06. The molecule has 0 aromatic heterocycles. The van der Waals surface area contributed by atoms with Gasteiger partial charge in [-0.2, -0.15) is 0 Å². The van der Waals surface area contributed by atoms with Gasteiger partial charge in [0.2, 0.25) is 0 Å². The molecule has 1 N–H and O–H groups in total. The van der Waals surface area contributed by atoms with Crippen LogP contribution in [0.25, 0.3) is 0 Å². The predicted molar refractivity (Wildman–Crippen MR) is 60.5 cm³/mol. The maximum Gasteiger partial charge on any atom is 0.0624 e. The Hall–Kier alpha value is -0.0800. The van der Waals surface area contributed by atoms with E-state index in [0.29, 0.717) is 17.4 Å². The summed E-state index contributed by atoms with van der Waals surface area (Å²) in [6.45, 7) is 12.2. The standard InChI is InChI=1S/C12H25NO/c1-10-9-13-7-5-11(10)14-8-6-12(2,3)4/h10-11,13H,5-9H2,1-4H3. The average molecular weight is 199 g/mol. The van der Waals surface area contributed by atoms with Crippen LogP contribution >= 0.6 is 0 Å². The Morgan fingerprint density at radius 2 is 2.07 bits per heavy atom. The summed E-state index contributed by atoms with van der Waals surface area (Å²) in [6, 6.07) is 0. The number of hydrogen-bond donors (Lipinski definition) is 1. The smallest absolute Gasteiger partial charge is 0.0624 e. The number of rotatable bonds is 3. The Morgan fingerprint density at radius 3 is 2.64 bits per heavy atom. The first-order chi connectivity index (χ1) is 6.49. The summed E-state index contributed by atoms with van der Waals surface area (Å²) in [5.74, 6) is 0.670. The van der Waals surface area contributed by atoms with Crippen molar-refractivity contribution in [2.24, 2.45) is 11.3 Å². The zero-order chi connectivity index (χ0) is 10.6. The van der Waals surface area contributed by atoms with Gasteiger partial charge in [0.15, 0.2) is 0 Å². The highest BCUT2D eigenvalue weighted by Gasteiger charge is 2.22. The molecular formula is C12H25NO. The molecule has 84 valence electrons. The lowest BCUT2D eigenvalue weighted by atomic mass is 9.92. The first kappa shape index (κ1) is 12.0. The van der Waals surface area contributed by atoms with E-state index in [1.54, 1.807) is 0 Å². The van der Waals surface area contributed by atoms with Crippen LogP contribution in [0, 0.1) is 11.3 Å². The van der Waals surface area contributed by atoms with Gasteiger partial charge in [-0.05, 0) is 30.7 Å². The van der Waals surface area contributed by atoms with Gasteiger partial charge < -0.3 is 10.1 Å². The summed E-state index contributed by atoms with van der Waals surface area (Å²) in [5.41, 5.74) is 0.399. The molecule has 2 atom stereocenters. The summed E-state index contributed by atoms with van der Waals surface area (Å²) < 4.78 is 5.93. The van der Waals surface area contributed by atoms with Crippen molar-refractivity contribution in [3.05, 3.63) is 0 Å². The molecule has 0 saturated carbocycles. The van der Waals surface area contributed by atoms with Gasteiger partial charge in [0, 0.05) is 13.2 Å². The third-order valence-corrected chi connectivity index (χ3v) is 2.89. The predicted octanol–water partition coefficient (Wildman–Crippen LogP) is 2.44. The molecule has 0 amide bonds. The molecule has 1 saturated heterocycles. The molecule has 0 aromatic rings. The van der Waals surface area contributed by atoms with Crippen molar-refractivity contribution in [1.29, 1.82) is 0 Å². The lowest BCUT2D eigenvalue weighted by Gasteiger charge is -2.30. The fourth-order valence-electron chi connectivity index (χ4n) is 1.75. The summed E-state index contributed by atoms with van der Waals surface area (Å²) >= 11 is 0. The van der Waals surface area contributed by atoms with E-state index >= 15 is 0 Å². The van der Waals surface area contributed by atoms with Gasteiger partial charge >= 0.3 is 0 Å². The topological polar surface area (TPSA) is 21.3 Å². The van der Waals surface area contributed by atoms with E-state index in [1.165, 1.54) is 6.42 Å². The molecular weight excluding hydrogens is 174 g/mol. The summed E-state index contributed by atoms with van der Waals surface area (Å²) in [7, 11) is 0.